The molecule has 1 atom stereocenters. The molecule has 1 aromatic rings. The molecule has 1 heterocycles. The average Bonchev–Trinajstić information content (AvgIpc) is 2.47. The van der Waals surface area contributed by atoms with Gasteiger partial charge in [0.2, 0.25) is 0 Å². The topological polar surface area (TPSA) is 62.1 Å². The van der Waals surface area contributed by atoms with Crippen molar-refractivity contribution < 1.29 is 9.53 Å². The van der Waals surface area contributed by atoms with Crippen LogP contribution in [0.2, 0.25) is 10.0 Å². The monoisotopic (exact) mass is 336 g/mol. The van der Waals surface area contributed by atoms with Crippen LogP contribution in [0.1, 0.15) is 31.2 Å². The van der Waals surface area contributed by atoms with Crippen molar-refractivity contribution in [1.82, 2.24) is 5.32 Å². The Morgan fingerprint density at radius 3 is 2.86 bits per heavy atom. The van der Waals surface area contributed by atoms with Crippen LogP contribution in [0.4, 0.5) is 0 Å². The first-order valence-corrected chi connectivity index (χ1v) is 7.55. The second-order valence-corrected chi connectivity index (χ2v) is 5.61. The van der Waals surface area contributed by atoms with Crippen molar-refractivity contribution in [3.8, 4) is 6.26 Å². The highest BCUT2D eigenvalue weighted by atomic mass is 35.5. The minimum absolute atomic E-state index is 0.381. The van der Waals surface area contributed by atoms with Gasteiger partial charge in [0.1, 0.15) is 0 Å². The fourth-order valence-corrected chi connectivity index (χ4v) is 2.95. The van der Waals surface area contributed by atoms with Gasteiger partial charge in [-0.05, 0) is 30.3 Å². The number of rotatable bonds is 4. The summed E-state index contributed by atoms with van der Waals surface area (Å²) in [6, 6.07) is 5.11. The van der Waals surface area contributed by atoms with Gasteiger partial charge in [0.15, 0.2) is 0 Å². The summed E-state index contributed by atoms with van der Waals surface area (Å²) in [5, 5.41) is 12.7. The smallest absolute Gasteiger partial charge is 0.352 e. The molecule has 0 spiro atoms. The Labute approximate surface area is 139 Å². The van der Waals surface area contributed by atoms with Gasteiger partial charge in [-0.2, -0.15) is 0 Å². The number of esters is 1. The van der Waals surface area contributed by atoms with Crippen molar-refractivity contribution in [2.24, 2.45) is 0 Å². The van der Waals surface area contributed by atoms with Crippen LogP contribution in [0.5, 0.6) is 0 Å². The number of nitrogens with zero attached hydrogens (tertiary/aromatic N) is 1. The van der Waals surface area contributed by atoms with E-state index in [1.807, 2.05) is 13.0 Å². The van der Waals surface area contributed by atoms with Crippen molar-refractivity contribution in [2.75, 3.05) is 0 Å². The number of nitrogens with one attached hydrogen (secondary N) is 1. The molecule has 0 aromatic heterocycles. The van der Waals surface area contributed by atoms with Gasteiger partial charge in [0.25, 0.3) is 6.26 Å². The third-order valence-electron chi connectivity index (χ3n) is 3.34. The summed E-state index contributed by atoms with van der Waals surface area (Å²) in [6.45, 7) is 2.00. The SMILES string of the molecule is CCCC1=C(C(=O)OC#N)C(c2ccc(Cl)cc2Cl)C=CN1. The highest BCUT2D eigenvalue weighted by Crippen LogP contribution is 2.37. The molecule has 0 bridgehead atoms. The quantitative estimate of drug-likeness (QED) is 0.658. The maximum Gasteiger partial charge on any atom is 0.352 e. The van der Waals surface area contributed by atoms with Crippen molar-refractivity contribution in [1.29, 1.82) is 5.26 Å². The maximum atomic E-state index is 12.2. The van der Waals surface area contributed by atoms with E-state index in [2.05, 4.69) is 10.1 Å². The number of benzene rings is 1. The standard InChI is InChI=1S/C16H14Cl2N2O2/c1-2-3-14-15(16(21)22-9-19)12(6-7-20-14)11-5-4-10(17)8-13(11)18/h4-8,12,20H,2-3H2,1H3. The van der Waals surface area contributed by atoms with Crippen molar-refractivity contribution in [3.63, 3.8) is 0 Å². The van der Waals surface area contributed by atoms with Crippen molar-refractivity contribution in [2.45, 2.75) is 25.7 Å². The Morgan fingerprint density at radius 1 is 1.45 bits per heavy atom. The molecule has 0 radical (unpaired) electrons. The van der Waals surface area contributed by atoms with Gasteiger partial charge in [-0.25, -0.2) is 4.79 Å². The van der Waals surface area contributed by atoms with Crippen LogP contribution in [0.3, 0.4) is 0 Å². The van der Waals surface area contributed by atoms with Gasteiger partial charge >= 0.3 is 5.97 Å². The van der Waals surface area contributed by atoms with Crippen LogP contribution < -0.4 is 5.32 Å². The number of hydrogen-bond acceptors (Lipinski definition) is 4. The molecule has 0 saturated carbocycles. The molecule has 0 aliphatic carbocycles. The number of ether oxygens (including phenoxy) is 1. The minimum atomic E-state index is -0.668. The fraction of sp³-hybridized carbons (Fsp3) is 0.250. The number of allylic oxidation sites excluding steroid dienone is 2. The van der Waals surface area contributed by atoms with Gasteiger partial charge in [-0.15, -0.1) is 5.26 Å². The molecule has 0 fully saturated rings. The minimum Gasteiger partial charge on any atom is -0.365 e. The summed E-state index contributed by atoms with van der Waals surface area (Å²) in [6.07, 6.45) is 6.53. The van der Waals surface area contributed by atoms with E-state index in [-0.39, 0.29) is 5.92 Å². The van der Waals surface area contributed by atoms with Gasteiger partial charge < -0.3 is 10.1 Å². The molecule has 114 valence electrons. The summed E-state index contributed by atoms with van der Waals surface area (Å²) in [4.78, 5) is 12.2. The molecule has 1 aliphatic rings. The molecular formula is C16H14Cl2N2O2. The van der Waals surface area contributed by atoms with E-state index in [0.29, 0.717) is 22.0 Å². The van der Waals surface area contributed by atoms with Crippen LogP contribution in [0, 0.1) is 11.5 Å². The molecule has 6 heteroatoms. The van der Waals surface area contributed by atoms with Crippen LogP contribution in [0.25, 0.3) is 0 Å². The Bertz CT molecular complexity index is 690. The first-order chi connectivity index (χ1) is 10.6. The molecule has 1 aromatic carbocycles. The maximum absolute atomic E-state index is 12.2. The third-order valence-corrected chi connectivity index (χ3v) is 3.90. The third kappa shape index (κ3) is 3.44. The Balaban J connectivity index is 2.51. The average molecular weight is 337 g/mol. The number of hydrogen-bond donors (Lipinski definition) is 1. The molecule has 1 N–H and O–H groups in total. The van der Waals surface area contributed by atoms with E-state index < -0.39 is 5.97 Å². The normalized spacial score (nSPS) is 16.9. The summed E-state index contributed by atoms with van der Waals surface area (Å²) in [5.41, 5.74) is 1.87. The predicted molar refractivity (Wildman–Crippen MR) is 85.1 cm³/mol. The van der Waals surface area contributed by atoms with Gasteiger partial charge in [-0.1, -0.05) is 48.7 Å². The van der Waals surface area contributed by atoms with Crippen LogP contribution in [-0.4, -0.2) is 5.97 Å². The molecule has 4 nitrogen and oxygen atoms in total. The molecular weight excluding hydrogens is 323 g/mol. The van der Waals surface area contributed by atoms with Gasteiger partial charge in [0, 0.05) is 21.7 Å². The Hall–Kier alpha value is -1.96. The lowest BCUT2D eigenvalue weighted by atomic mass is 9.87. The summed E-state index contributed by atoms with van der Waals surface area (Å²) in [7, 11) is 0. The molecule has 0 amide bonds. The molecule has 0 saturated heterocycles. The Kier molecular flexibility index (Phi) is 5.48. The number of halogens is 2. The molecule has 1 aliphatic heterocycles. The zero-order valence-corrected chi connectivity index (χ0v) is 13.4. The largest absolute Gasteiger partial charge is 0.365 e. The lowest BCUT2D eigenvalue weighted by molar-refractivity contribution is -0.133. The lowest BCUT2D eigenvalue weighted by Gasteiger charge is -2.24. The highest BCUT2D eigenvalue weighted by molar-refractivity contribution is 6.35. The van der Waals surface area contributed by atoms with E-state index >= 15 is 0 Å². The number of carbonyl (C=O) groups is 1. The molecule has 22 heavy (non-hydrogen) atoms. The molecule has 2 rings (SSSR count). The van der Waals surface area contributed by atoms with E-state index in [4.69, 9.17) is 28.5 Å². The first-order valence-electron chi connectivity index (χ1n) is 6.80. The number of carbonyl (C=O) groups excluding carboxylic acids is 1. The second kappa shape index (κ2) is 7.35. The number of dihydropyridines is 1. The van der Waals surface area contributed by atoms with Crippen molar-refractivity contribution in [3.05, 3.63) is 57.4 Å². The summed E-state index contributed by atoms with van der Waals surface area (Å²) >= 11 is 12.2. The van der Waals surface area contributed by atoms with E-state index in [0.717, 1.165) is 17.7 Å². The van der Waals surface area contributed by atoms with E-state index in [1.54, 1.807) is 24.4 Å². The lowest BCUT2D eigenvalue weighted by Crippen LogP contribution is -2.23. The van der Waals surface area contributed by atoms with Gasteiger partial charge in [-0.3, -0.25) is 0 Å². The summed E-state index contributed by atoms with van der Waals surface area (Å²) in [5.74, 6) is -1.05. The highest BCUT2D eigenvalue weighted by Gasteiger charge is 2.29. The summed E-state index contributed by atoms with van der Waals surface area (Å²) < 4.78 is 4.54. The first kappa shape index (κ1) is 16.4. The second-order valence-electron chi connectivity index (χ2n) is 4.77. The van der Waals surface area contributed by atoms with Crippen LogP contribution in [0.15, 0.2) is 41.7 Å². The molecule has 1 unspecified atom stereocenters. The van der Waals surface area contributed by atoms with E-state index in [9.17, 15) is 4.79 Å². The fourth-order valence-electron chi connectivity index (χ4n) is 2.42. The van der Waals surface area contributed by atoms with Crippen LogP contribution in [-0.2, 0) is 9.53 Å². The number of nitriles is 1. The zero-order chi connectivity index (χ0) is 16.1. The van der Waals surface area contributed by atoms with E-state index in [1.165, 1.54) is 6.26 Å². The van der Waals surface area contributed by atoms with Gasteiger partial charge in [0.05, 0.1) is 5.57 Å². The Morgan fingerprint density at radius 2 is 2.23 bits per heavy atom. The van der Waals surface area contributed by atoms with Crippen LogP contribution >= 0.6 is 23.2 Å². The predicted octanol–water partition coefficient (Wildman–Crippen LogP) is 4.27. The zero-order valence-electron chi connectivity index (χ0n) is 11.9. The van der Waals surface area contributed by atoms with Crippen molar-refractivity contribution >= 4 is 29.2 Å².